The number of anilines is 2. The fraction of sp³-hybridized carbons (Fsp3) is 0.148. The van der Waals surface area contributed by atoms with Gasteiger partial charge in [-0.05, 0) is 73.4 Å². The molecule has 3 aromatic rings. The van der Waals surface area contributed by atoms with Gasteiger partial charge in [-0.2, -0.15) is 5.26 Å². The van der Waals surface area contributed by atoms with Crippen LogP contribution in [0.15, 0.2) is 77.3 Å². The van der Waals surface area contributed by atoms with E-state index in [4.69, 9.17) is 23.2 Å². The van der Waals surface area contributed by atoms with Crippen LogP contribution in [0.3, 0.4) is 0 Å². The summed E-state index contributed by atoms with van der Waals surface area (Å²) in [6.45, 7) is 3.79. The summed E-state index contributed by atoms with van der Waals surface area (Å²) in [4.78, 5) is 28.3. The Hall–Kier alpha value is -3.24. The predicted octanol–water partition coefficient (Wildman–Crippen LogP) is 6.68. The lowest BCUT2D eigenvalue weighted by Gasteiger charge is -2.20. The van der Waals surface area contributed by atoms with Crippen LogP contribution in [-0.4, -0.2) is 17.1 Å². The molecule has 35 heavy (non-hydrogen) atoms. The second-order valence-electron chi connectivity index (χ2n) is 8.12. The minimum absolute atomic E-state index is 0.132. The summed E-state index contributed by atoms with van der Waals surface area (Å²) in [5, 5.41) is 13.5. The van der Waals surface area contributed by atoms with Gasteiger partial charge in [0.05, 0.1) is 10.9 Å². The van der Waals surface area contributed by atoms with E-state index in [0.29, 0.717) is 32.9 Å². The lowest BCUT2D eigenvalue weighted by Crippen LogP contribution is -2.31. The summed E-state index contributed by atoms with van der Waals surface area (Å²) in [7, 11) is 0. The summed E-state index contributed by atoms with van der Waals surface area (Å²) >= 11 is 13.7. The molecule has 8 heteroatoms. The van der Waals surface area contributed by atoms with Gasteiger partial charge >= 0.3 is 0 Å². The molecular weight excluding hydrogens is 501 g/mol. The second-order valence-corrected chi connectivity index (χ2v) is 10.2. The Balaban J connectivity index is 1.76. The molecule has 3 aromatic carbocycles. The number of nitrogens with zero attached hydrogens (tertiary/aromatic N) is 2. The number of carbonyl (C=O) groups is 2. The van der Waals surface area contributed by atoms with Crippen molar-refractivity contribution in [1.82, 2.24) is 0 Å². The Bertz CT molecular complexity index is 1400. The molecule has 1 saturated heterocycles. The predicted molar refractivity (Wildman–Crippen MR) is 143 cm³/mol. The zero-order valence-electron chi connectivity index (χ0n) is 19.0. The van der Waals surface area contributed by atoms with Crippen LogP contribution in [0.5, 0.6) is 0 Å². The fourth-order valence-electron chi connectivity index (χ4n) is 3.84. The van der Waals surface area contributed by atoms with Crippen molar-refractivity contribution < 1.29 is 9.59 Å². The molecule has 176 valence electrons. The summed E-state index contributed by atoms with van der Waals surface area (Å²) in [6, 6.07) is 21.8. The summed E-state index contributed by atoms with van der Waals surface area (Å²) < 4.78 is 0. The number of benzene rings is 3. The first-order valence-corrected chi connectivity index (χ1v) is 12.4. The number of rotatable bonds is 5. The minimum Gasteiger partial charge on any atom is -0.321 e. The van der Waals surface area contributed by atoms with Crippen molar-refractivity contribution in [1.29, 1.82) is 5.26 Å². The molecule has 1 fully saturated rings. The smallest absolute Gasteiger partial charge is 0.269 e. The molecule has 1 N–H and O–H groups in total. The number of amides is 2. The molecule has 0 saturated carbocycles. The van der Waals surface area contributed by atoms with Crippen LogP contribution in [0.4, 0.5) is 11.4 Å². The first-order chi connectivity index (χ1) is 16.8. The van der Waals surface area contributed by atoms with E-state index in [9.17, 15) is 14.9 Å². The van der Waals surface area contributed by atoms with Crippen molar-refractivity contribution in [3.8, 4) is 6.07 Å². The molecule has 1 heterocycles. The lowest BCUT2D eigenvalue weighted by molar-refractivity contribution is -0.117. The maximum Gasteiger partial charge on any atom is 0.269 e. The average Bonchev–Trinajstić information content (AvgIpc) is 3.12. The van der Waals surface area contributed by atoms with Gasteiger partial charge in [0.25, 0.3) is 5.91 Å². The zero-order chi connectivity index (χ0) is 25.1. The van der Waals surface area contributed by atoms with E-state index in [1.165, 1.54) is 16.7 Å². The van der Waals surface area contributed by atoms with Crippen molar-refractivity contribution in [2.45, 2.75) is 25.5 Å². The Morgan fingerprint density at radius 2 is 1.86 bits per heavy atom. The standard InChI is InChI=1S/C27H21Cl2N3O2S/c1-16-6-5-8-20(12-16)31-25(33)21(15-30)27-32(23-9-4-3-7-17(23)2)26(34)24(35-27)14-18-13-19(28)10-11-22(18)29/h3-13,24H,14H2,1-2H3,(H,31,33)/b27-21-. The first kappa shape index (κ1) is 24.9. The van der Waals surface area contributed by atoms with Crippen LogP contribution in [-0.2, 0) is 16.0 Å². The number of halogens is 2. The van der Waals surface area contributed by atoms with Crippen molar-refractivity contribution >= 4 is 58.2 Å². The molecule has 0 bridgehead atoms. The van der Waals surface area contributed by atoms with Crippen LogP contribution in [0, 0.1) is 25.2 Å². The number of thioether (sulfide) groups is 1. The molecule has 1 aliphatic heterocycles. The molecule has 0 aliphatic carbocycles. The fourth-order valence-corrected chi connectivity index (χ4v) is 5.51. The Morgan fingerprint density at radius 3 is 2.57 bits per heavy atom. The number of hydrogen-bond donors (Lipinski definition) is 1. The third-order valence-electron chi connectivity index (χ3n) is 5.55. The van der Waals surface area contributed by atoms with E-state index in [-0.39, 0.29) is 11.5 Å². The van der Waals surface area contributed by atoms with Gasteiger partial charge in [-0.3, -0.25) is 14.5 Å². The van der Waals surface area contributed by atoms with Crippen molar-refractivity contribution in [3.63, 3.8) is 0 Å². The van der Waals surface area contributed by atoms with E-state index < -0.39 is 11.2 Å². The molecule has 1 aliphatic rings. The van der Waals surface area contributed by atoms with E-state index in [1.807, 2.05) is 56.3 Å². The van der Waals surface area contributed by atoms with Crippen LogP contribution in [0.1, 0.15) is 16.7 Å². The summed E-state index contributed by atoms with van der Waals surface area (Å²) in [6.07, 6.45) is 0.299. The van der Waals surface area contributed by atoms with Crippen molar-refractivity contribution in [2.75, 3.05) is 10.2 Å². The number of para-hydroxylation sites is 1. The SMILES string of the molecule is Cc1cccc(NC(=O)/C(C#N)=C2\SC(Cc3cc(Cl)ccc3Cl)C(=O)N2c2ccccc2C)c1. The normalized spacial score (nSPS) is 16.7. The second kappa shape index (κ2) is 10.6. The number of hydrogen-bond acceptors (Lipinski definition) is 4. The van der Waals surface area contributed by atoms with Crippen molar-refractivity contribution in [2.24, 2.45) is 0 Å². The van der Waals surface area contributed by atoms with Gasteiger partial charge in [-0.1, -0.05) is 65.3 Å². The number of nitriles is 1. The highest BCUT2D eigenvalue weighted by Gasteiger charge is 2.41. The average molecular weight is 522 g/mol. The largest absolute Gasteiger partial charge is 0.321 e. The van der Waals surface area contributed by atoms with E-state index in [1.54, 1.807) is 30.3 Å². The zero-order valence-corrected chi connectivity index (χ0v) is 21.3. The van der Waals surface area contributed by atoms with Gasteiger partial charge in [0.15, 0.2) is 0 Å². The monoisotopic (exact) mass is 521 g/mol. The van der Waals surface area contributed by atoms with Crippen LogP contribution >= 0.6 is 35.0 Å². The lowest BCUT2D eigenvalue weighted by atomic mass is 10.1. The Labute approximate surface area is 218 Å². The van der Waals surface area contributed by atoms with Crippen molar-refractivity contribution in [3.05, 3.63) is 104 Å². The van der Waals surface area contributed by atoms with Gasteiger partial charge in [-0.15, -0.1) is 0 Å². The van der Waals surface area contributed by atoms with Gasteiger partial charge in [0.1, 0.15) is 16.7 Å². The van der Waals surface area contributed by atoms with E-state index in [2.05, 4.69) is 5.32 Å². The molecule has 1 atom stereocenters. The van der Waals surface area contributed by atoms with Crippen LogP contribution < -0.4 is 10.2 Å². The number of nitrogens with one attached hydrogen (secondary N) is 1. The highest BCUT2D eigenvalue weighted by molar-refractivity contribution is 8.05. The van der Waals surface area contributed by atoms with Gasteiger partial charge in [0, 0.05) is 15.7 Å². The first-order valence-electron chi connectivity index (χ1n) is 10.8. The molecule has 4 rings (SSSR count). The molecule has 5 nitrogen and oxygen atoms in total. The maximum absolute atomic E-state index is 13.7. The summed E-state index contributed by atoms with van der Waals surface area (Å²) in [5.41, 5.74) is 3.60. The van der Waals surface area contributed by atoms with E-state index in [0.717, 1.165) is 16.7 Å². The third-order valence-corrected chi connectivity index (χ3v) is 7.42. The van der Waals surface area contributed by atoms with Crippen LogP contribution in [0.2, 0.25) is 10.0 Å². The molecule has 0 spiro atoms. The highest BCUT2D eigenvalue weighted by Crippen LogP contribution is 2.43. The van der Waals surface area contributed by atoms with Gasteiger partial charge in [-0.25, -0.2) is 0 Å². The number of aryl methyl sites for hydroxylation is 2. The Morgan fingerprint density at radius 1 is 1.09 bits per heavy atom. The Kier molecular flexibility index (Phi) is 7.51. The van der Waals surface area contributed by atoms with Crippen LogP contribution in [0.25, 0.3) is 0 Å². The topological polar surface area (TPSA) is 73.2 Å². The van der Waals surface area contributed by atoms with Gasteiger partial charge in [0.2, 0.25) is 5.91 Å². The quantitative estimate of drug-likeness (QED) is 0.300. The molecular formula is C27H21Cl2N3O2S. The van der Waals surface area contributed by atoms with E-state index >= 15 is 0 Å². The molecule has 2 amide bonds. The van der Waals surface area contributed by atoms with Gasteiger partial charge < -0.3 is 5.32 Å². The summed E-state index contributed by atoms with van der Waals surface area (Å²) in [5.74, 6) is -0.806. The third kappa shape index (κ3) is 5.38. The number of carbonyl (C=O) groups excluding carboxylic acids is 2. The maximum atomic E-state index is 13.7. The molecule has 0 radical (unpaired) electrons. The minimum atomic E-state index is -0.587. The molecule has 1 unspecified atom stereocenters. The molecule has 0 aromatic heterocycles. The highest BCUT2D eigenvalue weighted by atomic mass is 35.5.